The van der Waals surface area contributed by atoms with Crippen molar-refractivity contribution < 1.29 is 23.9 Å². The smallest absolute Gasteiger partial charge is 0.305 e. The van der Waals surface area contributed by atoms with Crippen LogP contribution in [0.2, 0.25) is 18.1 Å². The van der Waals surface area contributed by atoms with Crippen molar-refractivity contribution in [1.82, 2.24) is 0 Å². The van der Waals surface area contributed by atoms with Gasteiger partial charge in [-0.2, -0.15) is 0 Å². The molecule has 0 saturated heterocycles. The molecule has 0 aromatic rings. The average molecular weight is 483 g/mol. The number of Topliss-reactive ketones (excluding diaryl/α,β-unsaturated/α-hetero) is 1. The third-order valence-corrected chi connectivity index (χ3v) is 12.0. The molecule has 1 saturated carbocycles. The molecular formula is C27H50O5Si. The molecule has 0 aliphatic heterocycles. The van der Waals surface area contributed by atoms with Crippen LogP contribution in [0.15, 0.2) is 12.2 Å². The van der Waals surface area contributed by atoms with Crippen LogP contribution in [0.4, 0.5) is 0 Å². The van der Waals surface area contributed by atoms with Crippen LogP contribution < -0.4 is 0 Å². The number of aliphatic hydroxyl groups excluding tert-OH is 1. The molecule has 0 aromatic carbocycles. The predicted molar refractivity (Wildman–Crippen MR) is 138 cm³/mol. The molecule has 4 atom stereocenters. The van der Waals surface area contributed by atoms with Crippen LogP contribution in [0.1, 0.15) is 98.3 Å². The molecule has 0 spiro atoms. The van der Waals surface area contributed by atoms with E-state index in [2.05, 4.69) is 57.7 Å². The SMILES string of the molecule is CCCCCC/C=C/[C@H]1C(C(O)CCCCCC(=O)OC)C(=O)C[C@@H]1O[Si](C)(C)C(C)(C)C. The number of carbonyl (C=O) groups excluding carboxylic acids is 2. The molecule has 0 amide bonds. The number of hydrogen-bond acceptors (Lipinski definition) is 5. The number of aliphatic hydroxyl groups is 1. The van der Waals surface area contributed by atoms with Gasteiger partial charge >= 0.3 is 5.97 Å². The largest absolute Gasteiger partial charge is 0.469 e. The van der Waals surface area contributed by atoms with Gasteiger partial charge in [-0.05, 0) is 43.8 Å². The number of hydrogen-bond donors (Lipinski definition) is 1. The number of ether oxygens (including phenoxy) is 1. The quantitative estimate of drug-likeness (QED) is 0.123. The number of methoxy groups -OCH3 is 1. The first-order chi connectivity index (χ1) is 15.4. The van der Waals surface area contributed by atoms with E-state index in [1.54, 1.807) is 0 Å². The fourth-order valence-electron chi connectivity index (χ4n) is 4.33. The molecule has 33 heavy (non-hydrogen) atoms. The van der Waals surface area contributed by atoms with Crippen LogP contribution in [0, 0.1) is 11.8 Å². The fourth-order valence-corrected chi connectivity index (χ4v) is 5.68. The molecule has 5 nitrogen and oxygen atoms in total. The number of esters is 1. The third kappa shape index (κ3) is 10.0. The molecule has 1 fully saturated rings. The van der Waals surface area contributed by atoms with E-state index in [0.717, 1.165) is 32.1 Å². The van der Waals surface area contributed by atoms with E-state index in [0.29, 0.717) is 19.3 Å². The maximum absolute atomic E-state index is 13.0. The van der Waals surface area contributed by atoms with Crippen molar-refractivity contribution in [2.45, 2.75) is 129 Å². The van der Waals surface area contributed by atoms with Crippen LogP contribution in [0.25, 0.3) is 0 Å². The summed E-state index contributed by atoms with van der Waals surface area (Å²) in [5, 5.41) is 11.1. The van der Waals surface area contributed by atoms with Gasteiger partial charge in [-0.3, -0.25) is 9.59 Å². The van der Waals surface area contributed by atoms with Crippen molar-refractivity contribution in [3.05, 3.63) is 12.2 Å². The van der Waals surface area contributed by atoms with Crippen LogP contribution in [0.3, 0.4) is 0 Å². The van der Waals surface area contributed by atoms with Gasteiger partial charge in [0.15, 0.2) is 8.32 Å². The van der Waals surface area contributed by atoms with Crippen LogP contribution in [-0.4, -0.2) is 44.5 Å². The Bertz CT molecular complexity index is 622. The second-order valence-electron chi connectivity index (χ2n) is 11.2. The van der Waals surface area contributed by atoms with E-state index in [1.807, 2.05) is 0 Å². The lowest BCUT2D eigenvalue weighted by Gasteiger charge is -2.40. The van der Waals surface area contributed by atoms with Gasteiger partial charge in [-0.1, -0.05) is 72.0 Å². The molecule has 1 N–H and O–H groups in total. The number of unbranched alkanes of at least 4 members (excludes halogenated alkanes) is 6. The summed E-state index contributed by atoms with van der Waals surface area (Å²) in [6.45, 7) is 13.3. The standard InChI is InChI=1S/C27H50O5Si/c1-8-9-10-11-12-14-17-21-24(32-33(6,7)27(2,3)4)20-23(29)26(21)22(28)18-15-13-16-19-25(30)31-5/h14,17,21-22,24,26,28H,8-13,15-16,18-20H2,1-7H3/b17-14+/t21-,22?,24+,26?/m1/s1. The molecule has 0 bridgehead atoms. The van der Waals surface area contributed by atoms with Crippen LogP contribution in [-0.2, 0) is 18.8 Å². The Morgan fingerprint density at radius 2 is 1.82 bits per heavy atom. The van der Waals surface area contributed by atoms with Crippen LogP contribution >= 0.6 is 0 Å². The van der Waals surface area contributed by atoms with Gasteiger partial charge < -0.3 is 14.3 Å². The van der Waals surface area contributed by atoms with Gasteiger partial charge in [0.05, 0.1) is 25.2 Å². The number of ketones is 1. The van der Waals surface area contributed by atoms with Gasteiger partial charge in [-0.25, -0.2) is 0 Å². The Kier molecular flexibility index (Phi) is 13.1. The lowest BCUT2D eigenvalue weighted by Crippen LogP contribution is -2.45. The van der Waals surface area contributed by atoms with E-state index in [4.69, 9.17) is 4.43 Å². The summed E-state index contributed by atoms with van der Waals surface area (Å²) in [6.07, 6.45) is 13.2. The fraction of sp³-hybridized carbons (Fsp3) is 0.852. The normalized spacial score (nSPS) is 22.8. The highest BCUT2D eigenvalue weighted by Crippen LogP contribution is 2.43. The lowest BCUT2D eigenvalue weighted by atomic mass is 9.86. The molecular weight excluding hydrogens is 432 g/mol. The van der Waals surface area contributed by atoms with Crippen molar-refractivity contribution in [3.63, 3.8) is 0 Å². The number of rotatable bonds is 15. The molecule has 1 rings (SSSR count). The maximum atomic E-state index is 13.0. The summed E-state index contributed by atoms with van der Waals surface area (Å²) >= 11 is 0. The third-order valence-electron chi connectivity index (χ3n) is 7.48. The molecule has 0 radical (unpaired) electrons. The summed E-state index contributed by atoms with van der Waals surface area (Å²) in [4.78, 5) is 24.3. The Labute approximate surface area is 203 Å². The number of carbonyl (C=O) groups is 2. The van der Waals surface area contributed by atoms with Crippen LogP contribution in [0.5, 0.6) is 0 Å². The Balaban J connectivity index is 2.83. The Hall–Kier alpha value is -0.983. The highest BCUT2D eigenvalue weighted by Gasteiger charge is 2.49. The highest BCUT2D eigenvalue weighted by molar-refractivity contribution is 6.74. The monoisotopic (exact) mass is 482 g/mol. The molecule has 192 valence electrons. The van der Waals surface area contributed by atoms with Gasteiger partial charge in [0.1, 0.15) is 5.78 Å². The van der Waals surface area contributed by atoms with Crippen molar-refractivity contribution >= 4 is 20.1 Å². The Morgan fingerprint density at radius 1 is 1.15 bits per heavy atom. The molecule has 6 heteroatoms. The summed E-state index contributed by atoms with van der Waals surface area (Å²) in [7, 11) is -0.633. The van der Waals surface area contributed by atoms with E-state index >= 15 is 0 Å². The van der Waals surface area contributed by atoms with Gasteiger partial charge in [0.2, 0.25) is 0 Å². The van der Waals surface area contributed by atoms with Crippen molar-refractivity contribution in [2.75, 3.05) is 7.11 Å². The molecule has 2 unspecified atom stereocenters. The van der Waals surface area contributed by atoms with E-state index in [1.165, 1.54) is 26.4 Å². The van der Waals surface area contributed by atoms with E-state index < -0.39 is 20.3 Å². The maximum Gasteiger partial charge on any atom is 0.305 e. The first kappa shape index (κ1) is 30.0. The van der Waals surface area contributed by atoms with Crippen molar-refractivity contribution in [1.29, 1.82) is 0 Å². The minimum absolute atomic E-state index is 0.0668. The van der Waals surface area contributed by atoms with E-state index in [9.17, 15) is 14.7 Å². The molecule has 0 heterocycles. The first-order valence-corrected chi connectivity index (χ1v) is 16.0. The van der Waals surface area contributed by atoms with Crippen molar-refractivity contribution in [3.8, 4) is 0 Å². The zero-order valence-corrected chi connectivity index (χ0v) is 23.3. The Morgan fingerprint density at radius 3 is 2.42 bits per heavy atom. The predicted octanol–water partition coefficient (Wildman–Crippen LogP) is 6.59. The molecule has 0 aromatic heterocycles. The second-order valence-corrected chi connectivity index (χ2v) is 16.0. The van der Waals surface area contributed by atoms with Gasteiger partial charge in [0, 0.05) is 18.8 Å². The number of allylic oxidation sites excluding steroid dienone is 1. The zero-order valence-electron chi connectivity index (χ0n) is 22.3. The first-order valence-electron chi connectivity index (χ1n) is 13.1. The lowest BCUT2D eigenvalue weighted by molar-refractivity contribution is -0.140. The summed E-state index contributed by atoms with van der Waals surface area (Å²) in [5.41, 5.74) is 0. The average Bonchev–Trinajstić information content (AvgIpc) is 3.03. The zero-order chi connectivity index (χ0) is 25.1. The van der Waals surface area contributed by atoms with E-state index in [-0.39, 0.29) is 28.8 Å². The summed E-state index contributed by atoms with van der Waals surface area (Å²) < 4.78 is 11.4. The second kappa shape index (κ2) is 14.4. The summed E-state index contributed by atoms with van der Waals surface area (Å²) in [5.74, 6) is -0.534. The summed E-state index contributed by atoms with van der Waals surface area (Å²) in [6, 6.07) is 0. The minimum atomic E-state index is -2.03. The molecule has 1 aliphatic carbocycles. The van der Waals surface area contributed by atoms with Gasteiger partial charge in [0.25, 0.3) is 0 Å². The van der Waals surface area contributed by atoms with Crippen molar-refractivity contribution in [2.24, 2.45) is 11.8 Å². The minimum Gasteiger partial charge on any atom is -0.469 e. The highest BCUT2D eigenvalue weighted by atomic mass is 28.4. The van der Waals surface area contributed by atoms with Gasteiger partial charge in [-0.15, -0.1) is 0 Å². The topological polar surface area (TPSA) is 72.8 Å². The molecule has 1 aliphatic rings.